The molecule has 1 saturated heterocycles. The summed E-state index contributed by atoms with van der Waals surface area (Å²) < 4.78 is 37.4. The number of carbonyl (C=O) groups is 2. The van der Waals surface area contributed by atoms with Crippen molar-refractivity contribution in [2.24, 2.45) is 5.41 Å². The number of carboxylic acids is 1. The second kappa shape index (κ2) is 11.8. The first kappa shape index (κ1) is 31.1. The van der Waals surface area contributed by atoms with E-state index in [-0.39, 0.29) is 28.0 Å². The van der Waals surface area contributed by atoms with Gasteiger partial charge in [-0.05, 0) is 73.7 Å². The fourth-order valence-corrected chi connectivity index (χ4v) is 6.23. The summed E-state index contributed by atoms with van der Waals surface area (Å²) in [7, 11) is 3.09. The van der Waals surface area contributed by atoms with Crippen LogP contribution in [0.25, 0.3) is 0 Å². The topological polar surface area (TPSA) is 99.7 Å². The molecule has 4 rings (SSSR count). The van der Waals surface area contributed by atoms with E-state index >= 15 is 8.78 Å². The zero-order valence-corrected chi connectivity index (χ0v) is 25.1. The zero-order chi connectivity index (χ0) is 31.0. The molecule has 9 heteroatoms. The van der Waals surface area contributed by atoms with Gasteiger partial charge in [-0.1, -0.05) is 51.1 Å². The first-order chi connectivity index (χ1) is 19.7. The van der Waals surface area contributed by atoms with Gasteiger partial charge in [0.15, 0.2) is 0 Å². The van der Waals surface area contributed by atoms with Crippen LogP contribution >= 0.6 is 0 Å². The van der Waals surface area contributed by atoms with Crippen molar-refractivity contribution in [1.82, 2.24) is 10.6 Å². The Balaban J connectivity index is 1.94. The molecule has 3 aromatic carbocycles. The van der Waals surface area contributed by atoms with Crippen LogP contribution in [0.2, 0.25) is 0 Å². The van der Waals surface area contributed by atoms with Crippen molar-refractivity contribution in [3.05, 3.63) is 94.0 Å². The lowest BCUT2D eigenvalue weighted by Crippen LogP contribution is -2.54. The molecule has 1 amide bonds. The van der Waals surface area contributed by atoms with Crippen LogP contribution in [-0.4, -0.2) is 43.2 Å². The summed E-state index contributed by atoms with van der Waals surface area (Å²) in [6.07, 6.45) is 0.533. The number of rotatable bonds is 8. The number of amides is 1. The third kappa shape index (κ3) is 5.76. The molecule has 1 heterocycles. The third-order valence-corrected chi connectivity index (χ3v) is 8.10. The fraction of sp³-hybridized carbons (Fsp3) is 0.394. The Morgan fingerprint density at radius 3 is 2.38 bits per heavy atom. The molecule has 0 spiro atoms. The van der Waals surface area contributed by atoms with E-state index in [1.165, 1.54) is 31.4 Å². The number of halogens is 2. The normalized spacial score (nSPS) is 22.2. The monoisotopic (exact) mass is 579 g/mol. The van der Waals surface area contributed by atoms with Gasteiger partial charge in [0.1, 0.15) is 17.4 Å². The predicted molar refractivity (Wildman–Crippen MR) is 159 cm³/mol. The van der Waals surface area contributed by atoms with Gasteiger partial charge in [0, 0.05) is 17.5 Å². The second-order valence-corrected chi connectivity index (χ2v) is 12.2. The molecule has 1 fully saturated rings. The Hall–Kier alpha value is -3.82. The van der Waals surface area contributed by atoms with Gasteiger partial charge in [-0.15, -0.1) is 0 Å². The van der Waals surface area contributed by atoms with Crippen molar-refractivity contribution in [2.45, 2.75) is 64.6 Å². The maximum absolute atomic E-state index is 16.0. The number of hydrogen-bond acceptors (Lipinski definition) is 5. The maximum atomic E-state index is 16.0. The van der Waals surface area contributed by atoms with Crippen molar-refractivity contribution in [1.29, 1.82) is 0 Å². The van der Waals surface area contributed by atoms with E-state index in [9.17, 15) is 14.7 Å². The van der Waals surface area contributed by atoms with Crippen LogP contribution in [0.5, 0.6) is 5.75 Å². The van der Waals surface area contributed by atoms with Gasteiger partial charge >= 0.3 is 5.97 Å². The number of hydrogen-bond donors (Lipinski definition) is 4. The Morgan fingerprint density at radius 1 is 1.07 bits per heavy atom. The van der Waals surface area contributed by atoms with E-state index in [2.05, 4.69) is 36.7 Å². The van der Waals surface area contributed by atoms with Crippen LogP contribution in [0, 0.1) is 30.9 Å². The van der Waals surface area contributed by atoms with Crippen molar-refractivity contribution in [2.75, 3.05) is 19.5 Å². The van der Waals surface area contributed by atoms with Crippen LogP contribution in [0.15, 0.2) is 54.6 Å². The maximum Gasteiger partial charge on any atom is 0.335 e. The van der Waals surface area contributed by atoms with E-state index < -0.39 is 47.1 Å². The molecule has 4 atom stereocenters. The predicted octanol–water partition coefficient (Wildman–Crippen LogP) is 5.90. The van der Waals surface area contributed by atoms with E-state index in [1.54, 1.807) is 45.2 Å². The van der Waals surface area contributed by atoms with Crippen LogP contribution in [-0.2, 0) is 10.3 Å². The Bertz CT molecular complexity index is 1500. The quantitative estimate of drug-likeness (QED) is 0.265. The number of benzene rings is 3. The summed E-state index contributed by atoms with van der Waals surface area (Å²) in [5.74, 6) is -3.26. The number of carbonyl (C=O) groups excluding carboxylic acids is 1. The minimum atomic E-state index is -1.22. The Morgan fingerprint density at radius 2 is 1.79 bits per heavy atom. The molecular formula is C33H39F2N3O4. The van der Waals surface area contributed by atoms with Crippen LogP contribution in [0.1, 0.15) is 65.7 Å². The van der Waals surface area contributed by atoms with E-state index in [0.717, 1.165) is 5.56 Å². The molecule has 0 radical (unpaired) electrons. The van der Waals surface area contributed by atoms with Gasteiger partial charge in [0.2, 0.25) is 5.91 Å². The highest BCUT2D eigenvalue weighted by Gasteiger charge is 2.59. The summed E-state index contributed by atoms with van der Waals surface area (Å²) >= 11 is 0. The molecule has 7 nitrogen and oxygen atoms in total. The summed E-state index contributed by atoms with van der Waals surface area (Å²) in [4.78, 5) is 25.7. The molecule has 4 N–H and O–H groups in total. The van der Waals surface area contributed by atoms with Gasteiger partial charge in [-0.3, -0.25) is 4.79 Å². The third-order valence-electron chi connectivity index (χ3n) is 8.10. The van der Waals surface area contributed by atoms with Crippen LogP contribution < -0.4 is 20.7 Å². The molecule has 1 aliphatic heterocycles. The van der Waals surface area contributed by atoms with Gasteiger partial charge in [-0.2, -0.15) is 0 Å². The number of likely N-dealkylation sites (N-methyl/N-ethyl adjacent to an activating group) is 1. The van der Waals surface area contributed by atoms with Gasteiger partial charge in [-0.25, -0.2) is 13.6 Å². The summed E-state index contributed by atoms with van der Waals surface area (Å²) in [5, 5.41) is 19.1. The standard InChI is InChI=1S/C33H39F2N3O4/c1-18-11-13-22(23(34)15-18)33(36-6)26(17-32(3,4)5)38-29(27(33)21-10-8-9-19(2)28(21)35)30(39)37-24-14-12-20(31(40)41)16-25(24)42-7/h8-16,26-27,29,36,38H,17H2,1-7H3,(H,37,39)(H,40,41)/t26-,27-,29+,33+/m0/s1. The SMILES string of the molecule is CN[C@]1(c2ccc(C)cc2F)[C@H](CC(C)(C)C)N[C@@H](C(=O)Nc2ccc(C(=O)O)cc2OC)[C@@H]1c1cccc(C)c1F. The van der Waals surface area contributed by atoms with Gasteiger partial charge in [0.25, 0.3) is 0 Å². The molecule has 0 saturated carbocycles. The number of aromatic carboxylic acids is 1. The lowest BCUT2D eigenvalue weighted by molar-refractivity contribution is -0.118. The largest absolute Gasteiger partial charge is 0.495 e. The molecule has 3 aromatic rings. The summed E-state index contributed by atoms with van der Waals surface area (Å²) in [5.41, 5.74) is 0.558. The molecule has 0 aliphatic carbocycles. The fourth-order valence-electron chi connectivity index (χ4n) is 6.23. The number of anilines is 1. The molecule has 0 aromatic heterocycles. The molecule has 0 bridgehead atoms. The van der Waals surface area contributed by atoms with Crippen molar-refractivity contribution in [3.8, 4) is 5.75 Å². The molecule has 224 valence electrons. The number of carboxylic acid groups (broad SMARTS) is 1. The summed E-state index contributed by atoms with van der Waals surface area (Å²) in [6, 6.07) is 12.7. The van der Waals surface area contributed by atoms with Crippen molar-refractivity contribution < 1.29 is 28.2 Å². The van der Waals surface area contributed by atoms with Crippen LogP contribution in [0.3, 0.4) is 0 Å². The van der Waals surface area contributed by atoms with Crippen molar-refractivity contribution >= 4 is 17.6 Å². The van der Waals surface area contributed by atoms with E-state index in [1.807, 2.05) is 6.07 Å². The molecule has 1 aliphatic rings. The Labute approximate surface area is 245 Å². The first-order valence-corrected chi connectivity index (χ1v) is 13.9. The van der Waals surface area contributed by atoms with E-state index in [0.29, 0.717) is 17.5 Å². The Kier molecular flexibility index (Phi) is 8.76. The number of ether oxygens (including phenoxy) is 1. The first-order valence-electron chi connectivity index (χ1n) is 13.9. The highest BCUT2D eigenvalue weighted by molar-refractivity contribution is 5.98. The molecular weight excluding hydrogens is 540 g/mol. The highest BCUT2D eigenvalue weighted by atomic mass is 19.1. The van der Waals surface area contributed by atoms with Crippen LogP contribution in [0.4, 0.5) is 14.5 Å². The molecule has 0 unspecified atom stereocenters. The number of methoxy groups -OCH3 is 1. The van der Waals surface area contributed by atoms with Crippen molar-refractivity contribution in [3.63, 3.8) is 0 Å². The van der Waals surface area contributed by atoms with Gasteiger partial charge in [0.05, 0.1) is 29.9 Å². The minimum absolute atomic E-state index is 0.00200. The van der Waals surface area contributed by atoms with Gasteiger partial charge < -0.3 is 25.8 Å². The lowest BCUT2D eigenvalue weighted by atomic mass is 9.67. The average Bonchev–Trinajstić information content (AvgIpc) is 3.23. The summed E-state index contributed by atoms with van der Waals surface area (Å²) in [6.45, 7) is 9.64. The smallest absolute Gasteiger partial charge is 0.335 e. The minimum Gasteiger partial charge on any atom is -0.495 e. The highest BCUT2D eigenvalue weighted by Crippen LogP contribution is 2.51. The second-order valence-electron chi connectivity index (χ2n) is 12.2. The van der Waals surface area contributed by atoms with E-state index in [4.69, 9.17) is 4.74 Å². The number of nitrogens with one attached hydrogen (secondary N) is 3. The average molecular weight is 580 g/mol. The lowest BCUT2D eigenvalue weighted by Gasteiger charge is -2.43. The number of aryl methyl sites for hydroxylation is 2. The zero-order valence-electron chi connectivity index (χ0n) is 25.1. The molecule has 42 heavy (non-hydrogen) atoms.